The number of esters is 1. The molecule has 25 heavy (non-hydrogen) atoms. The van der Waals surface area contributed by atoms with Gasteiger partial charge in [-0.05, 0) is 27.5 Å². The Labute approximate surface area is 156 Å². The number of thioether (sulfide) groups is 1. The van der Waals surface area contributed by atoms with E-state index in [0.717, 1.165) is 22.4 Å². The number of benzene rings is 1. The molecule has 0 spiro atoms. The molecule has 0 heterocycles. The third-order valence-electron chi connectivity index (χ3n) is 3.86. The Balaban J connectivity index is 2.85. The van der Waals surface area contributed by atoms with E-state index in [1.165, 1.54) is 0 Å². The molecular weight excluding hydrogens is 336 g/mol. The molecule has 0 saturated heterocycles. The van der Waals surface area contributed by atoms with Crippen molar-refractivity contribution in [1.29, 1.82) is 0 Å². The van der Waals surface area contributed by atoms with Crippen molar-refractivity contribution in [1.82, 2.24) is 0 Å². The monoisotopic (exact) mass is 368 g/mol. The summed E-state index contributed by atoms with van der Waals surface area (Å²) < 4.78 is 4.85. The Kier molecular flexibility index (Phi) is 7.82. The van der Waals surface area contributed by atoms with Crippen molar-refractivity contribution in [3.05, 3.63) is 28.8 Å². The van der Waals surface area contributed by atoms with Gasteiger partial charge in [-0.25, -0.2) is 0 Å². The summed E-state index contributed by atoms with van der Waals surface area (Å²) >= 11 is 1.67. The van der Waals surface area contributed by atoms with E-state index < -0.39 is 0 Å². The number of carbonyl (C=O) groups excluding carboxylic acids is 1. The van der Waals surface area contributed by atoms with E-state index in [2.05, 4.69) is 53.7 Å². The SMILES string of the molecule is CC(C)(C)c1cc(CSCCC(=O)OCCO)cc(C(C)(C)C)c1O. The summed E-state index contributed by atoms with van der Waals surface area (Å²) in [4.78, 5) is 11.4. The second kappa shape index (κ2) is 8.95. The third kappa shape index (κ3) is 6.90. The molecule has 0 aromatic heterocycles. The lowest BCUT2D eigenvalue weighted by Gasteiger charge is -2.28. The number of hydrogen-bond donors (Lipinski definition) is 2. The number of ether oxygens (including phenoxy) is 1. The summed E-state index contributed by atoms with van der Waals surface area (Å²) in [6, 6.07) is 4.14. The standard InChI is InChI=1S/C20H32O4S/c1-19(2,3)15-11-14(12-16(18(15)23)20(4,5)6)13-25-10-7-17(22)24-9-8-21/h11-12,21,23H,7-10,13H2,1-6H3. The van der Waals surface area contributed by atoms with Crippen molar-refractivity contribution in [3.63, 3.8) is 0 Å². The summed E-state index contributed by atoms with van der Waals surface area (Å²) in [7, 11) is 0. The fourth-order valence-corrected chi connectivity index (χ4v) is 3.36. The van der Waals surface area contributed by atoms with E-state index in [-0.39, 0.29) is 30.0 Å². The summed E-state index contributed by atoms with van der Waals surface area (Å²) in [6.45, 7) is 12.5. The third-order valence-corrected chi connectivity index (χ3v) is 4.89. The van der Waals surface area contributed by atoms with Crippen LogP contribution in [0.3, 0.4) is 0 Å². The van der Waals surface area contributed by atoms with Gasteiger partial charge in [0.1, 0.15) is 12.4 Å². The van der Waals surface area contributed by atoms with Gasteiger partial charge in [-0.1, -0.05) is 53.7 Å². The predicted molar refractivity (Wildman–Crippen MR) is 104 cm³/mol. The van der Waals surface area contributed by atoms with Crippen molar-refractivity contribution in [2.24, 2.45) is 0 Å². The molecule has 0 aliphatic carbocycles. The van der Waals surface area contributed by atoms with Crippen LogP contribution in [0, 0.1) is 0 Å². The number of aliphatic hydroxyl groups excluding tert-OH is 1. The summed E-state index contributed by atoms with van der Waals surface area (Å²) in [5, 5.41) is 19.4. The van der Waals surface area contributed by atoms with Crippen molar-refractivity contribution in [3.8, 4) is 5.75 Å². The minimum absolute atomic E-state index is 0.0609. The van der Waals surface area contributed by atoms with Crippen LogP contribution in [0.15, 0.2) is 12.1 Å². The fraction of sp³-hybridized carbons (Fsp3) is 0.650. The first-order chi connectivity index (χ1) is 11.5. The molecule has 0 aliphatic rings. The second-order valence-corrected chi connectivity index (χ2v) is 9.39. The lowest BCUT2D eigenvalue weighted by atomic mass is 9.78. The number of rotatable bonds is 7. The number of hydrogen-bond acceptors (Lipinski definition) is 5. The van der Waals surface area contributed by atoms with Gasteiger partial charge in [0.15, 0.2) is 0 Å². The topological polar surface area (TPSA) is 66.8 Å². The van der Waals surface area contributed by atoms with Gasteiger partial charge in [0.25, 0.3) is 0 Å². The van der Waals surface area contributed by atoms with E-state index >= 15 is 0 Å². The van der Waals surface area contributed by atoms with Gasteiger partial charge >= 0.3 is 5.97 Å². The van der Waals surface area contributed by atoms with E-state index in [4.69, 9.17) is 9.84 Å². The number of aromatic hydroxyl groups is 1. The first-order valence-electron chi connectivity index (χ1n) is 8.68. The average Bonchev–Trinajstić information content (AvgIpc) is 2.48. The minimum atomic E-state index is -0.280. The number of phenolic OH excluding ortho intramolecular Hbond substituents is 1. The van der Waals surface area contributed by atoms with Crippen LogP contribution in [-0.4, -0.2) is 35.1 Å². The lowest BCUT2D eigenvalue weighted by molar-refractivity contribution is -0.144. The molecule has 4 nitrogen and oxygen atoms in total. The Hall–Kier alpha value is -1.20. The highest BCUT2D eigenvalue weighted by Gasteiger charge is 2.26. The molecule has 0 atom stereocenters. The highest BCUT2D eigenvalue weighted by atomic mass is 32.2. The van der Waals surface area contributed by atoms with E-state index in [1.54, 1.807) is 11.8 Å². The van der Waals surface area contributed by atoms with Crippen LogP contribution in [0.5, 0.6) is 5.75 Å². The van der Waals surface area contributed by atoms with Crippen LogP contribution in [-0.2, 0) is 26.1 Å². The zero-order valence-electron chi connectivity index (χ0n) is 16.3. The predicted octanol–water partition coefficient (Wildman–Crippen LogP) is 4.15. The Bertz CT molecular complexity index is 547. The summed E-state index contributed by atoms with van der Waals surface area (Å²) in [5.41, 5.74) is 2.79. The van der Waals surface area contributed by atoms with Crippen molar-refractivity contribution in [2.75, 3.05) is 19.0 Å². The largest absolute Gasteiger partial charge is 0.507 e. The smallest absolute Gasteiger partial charge is 0.306 e. The van der Waals surface area contributed by atoms with Crippen molar-refractivity contribution in [2.45, 2.75) is 64.5 Å². The zero-order valence-corrected chi connectivity index (χ0v) is 17.1. The van der Waals surface area contributed by atoms with Gasteiger partial charge in [0.05, 0.1) is 13.0 Å². The maximum Gasteiger partial charge on any atom is 0.306 e. The molecular formula is C20H32O4S. The van der Waals surface area contributed by atoms with Crippen LogP contribution in [0.25, 0.3) is 0 Å². The van der Waals surface area contributed by atoms with Gasteiger partial charge in [-0.2, -0.15) is 11.8 Å². The van der Waals surface area contributed by atoms with Gasteiger partial charge in [-0.3, -0.25) is 4.79 Å². The molecule has 0 amide bonds. The molecule has 0 fully saturated rings. The number of phenols is 1. The average molecular weight is 369 g/mol. The molecule has 0 saturated carbocycles. The zero-order chi connectivity index (χ0) is 19.3. The molecule has 0 unspecified atom stereocenters. The van der Waals surface area contributed by atoms with Gasteiger partial charge in [0.2, 0.25) is 0 Å². The maximum absolute atomic E-state index is 11.4. The second-order valence-electron chi connectivity index (χ2n) is 8.29. The summed E-state index contributed by atoms with van der Waals surface area (Å²) in [6.07, 6.45) is 0.334. The first-order valence-corrected chi connectivity index (χ1v) is 9.83. The van der Waals surface area contributed by atoms with Crippen LogP contribution in [0.1, 0.15) is 64.7 Å². The fourth-order valence-electron chi connectivity index (χ4n) is 2.50. The van der Waals surface area contributed by atoms with E-state index in [9.17, 15) is 9.90 Å². The first kappa shape index (κ1) is 21.8. The van der Waals surface area contributed by atoms with E-state index in [0.29, 0.717) is 17.9 Å². The molecule has 1 rings (SSSR count). The Morgan fingerprint density at radius 2 is 1.60 bits per heavy atom. The van der Waals surface area contributed by atoms with Crippen LogP contribution >= 0.6 is 11.8 Å². The van der Waals surface area contributed by atoms with Gasteiger partial charge in [-0.15, -0.1) is 0 Å². The molecule has 1 aromatic carbocycles. The quantitative estimate of drug-likeness (QED) is 0.559. The molecule has 5 heteroatoms. The molecule has 0 bridgehead atoms. The normalized spacial score (nSPS) is 12.3. The minimum Gasteiger partial charge on any atom is -0.507 e. The number of aliphatic hydroxyl groups is 1. The molecule has 2 N–H and O–H groups in total. The molecule has 1 aromatic rings. The van der Waals surface area contributed by atoms with Crippen LogP contribution in [0.2, 0.25) is 0 Å². The van der Waals surface area contributed by atoms with Gasteiger partial charge < -0.3 is 14.9 Å². The van der Waals surface area contributed by atoms with Crippen LogP contribution < -0.4 is 0 Å². The summed E-state index contributed by atoms with van der Waals surface area (Å²) in [5.74, 6) is 1.56. The maximum atomic E-state index is 11.4. The van der Waals surface area contributed by atoms with E-state index in [1.807, 2.05) is 0 Å². The van der Waals surface area contributed by atoms with Crippen molar-refractivity contribution >= 4 is 17.7 Å². The molecule has 0 radical (unpaired) electrons. The molecule has 0 aliphatic heterocycles. The Morgan fingerprint density at radius 3 is 2.04 bits per heavy atom. The highest BCUT2D eigenvalue weighted by Crippen LogP contribution is 2.40. The van der Waals surface area contributed by atoms with Crippen molar-refractivity contribution < 1.29 is 19.7 Å². The number of carbonyl (C=O) groups is 1. The van der Waals surface area contributed by atoms with Gasteiger partial charge in [0, 0.05) is 11.5 Å². The molecule has 142 valence electrons. The highest BCUT2D eigenvalue weighted by molar-refractivity contribution is 7.98. The lowest BCUT2D eigenvalue weighted by Crippen LogP contribution is -2.17. The van der Waals surface area contributed by atoms with Crippen LogP contribution in [0.4, 0.5) is 0 Å². The Morgan fingerprint density at radius 1 is 1.08 bits per heavy atom.